The zero-order chi connectivity index (χ0) is 11.2. The van der Waals surface area contributed by atoms with Crippen LogP contribution in [-0.4, -0.2) is 17.2 Å². The van der Waals surface area contributed by atoms with E-state index in [2.05, 4.69) is 5.32 Å². The lowest BCUT2D eigenvalue weighted by Crippen LogP contribution is -2.67. The number of hydrogen-bond acceptors (Lipinski definition) is 2. The van der Waals surface area contributed by atoms with E-state index in [0.29, 0.717) is 18.6 Å². The molecule has 2 aliphatic carbocycles. The molecule has 3 rings (SSSR count). The lowest BCUT2D eigenvalue weighted by Gasteiger charge is -2.59. The number of ketones is 1. The average molecular weight is 221 g/mol. The van der Waals surface area contributed by atoms with E-state index in [1.54, 1.807) is 0 Å². The second-order valence-electron chi connectivity index (χ2n) is 5.83. The molecule has 1 saturated heterocycles. The first-order valence-corrected chi connectivity index (χ1v) is 6.49. The Bertz CT molecular complexity index is 326. The summed E-state index contributed by atoms with van der Waals surface area (Å²) in [6.45, 7) is 0. The molecule has 0 bridgehead atoms. The molecule has 0 aromatic rings. The van der Waals surface area contributed by atoms with Crippen LogP contribution in [0.15, 0.2) is 0 Å². The van der Waals surface area contributed by atoms with Gasteiger partial charge in [0.15, 0.2) is 0 Å². The maximum absolute atomic E-state index is 11.7. The molecule has 0 aromatic carbocycles. The first-order chi connectivity index (χ1) is 7.66. The first-order valence-electron chi connectivity index (χ1n) is 6.49. The van der Waals surface area contributed by atoms with Gasteiger partial charge < -0.3 is 5.32 Å². The van der Waals surface area contributed by atoms with Gasteiger partial charge in [0.25, 0.3) is 0 Å². The molecule has 1 heterocycles. The predicted molar refractivity (Wildman–Crippen MR) is 59.9 cm³/mol. The van der Waals surface area contributed by atoms with Crippen molar-refractivity contribution in [1.82, 2.24) is 5.32 Å². The van der Waals surface area contributed by atoms with Gasteiger partial charge in [-0.25, -0.2) is 0 Å². The van der Waals surface area contributed by atoms with Crippen LogP contribution in [0.4, 0.5) is 0 Å². The van der Waals surface area contributed by atoms with E-state index in [1.807, 2.05) is 0 Å². The minimum absolute atomic E-state index is 0.157. The third kappa shape index (κ3) is 1.26. The standard InChI is InChI=1S/C13H19NO2/c15-10-3-7-12-5-1-2-6-13(12,9-10)14-11(16)4-8-12/h1-9H2,(H,14,16)/t12-,13+/m1/s1. The summed E-state index contributed by atoms with van der Waals surface area (Å²) in [5, 5.41) is 3.20. The summed E-state index contributed by atoms with van der Waals surface area (Å²) in [5.74, 6) is 0.506. The van der Waals surface area contributed by atoms with Gasteiger partial charge in [0, 0.05) is 19.3 Å². The van der Waals surface area contributed by atoms with Gasteiger partial charge in [-0.3, -0.25) is 9.59 Å². The quantitative estimate of drug-likeness (QED) is 0.679. The van der Waals surface area contributed by atoms with Crippen LogP contribution in [0.1, 0.15) is 57.8 Å². The van der Waals surface area contributed by atoms with Crippen molar-refractivity contribution in [3.8, 4) is 0 Å². The number of rotatable bonds is 0. The summed E-state index contributed by atoms with van der Waals surface area (Å²) in [4.78, 5) is 23.4. The molecule has 3 fully saturated rings. The minimum Gasteiger partial charge on any atom is -0.350 e. The Morgan fingerprint density at radius 2 is 1.69 bits per heavy atom. The van der Waals surface area contributed by atoms with Crippen molar-refractivity contribution in [2.24, 2.45) is 5.41 Å². The smallest absolute Gasteiger partial charge is 0.220 e. The molecule has 3 heteroatoms. The molecule has 3 nitrogen and oxygen atoms in total. The van der Waals surface area contributed by atoms with E-state index in [1.165, 1.54) is 12.8 Å². The Hall–Kier alpha value is -0.860. The summed E-state index contributed by atoms with van der Waals surface area (Å²) in [6, 6.07) is 0. The molecule has 0 unspecified atom stereocenters. The molecule has 1 aliphatic heterocycles. The monoisotopic (exact) mass is 221 g/mol. The molecule has 2 atom stereocenters. The molecular formula is C13H19NO2. The summed E-state index contributed by atoms with van der Waals surface area (Å²) in [5.41, 5.74) is 0.100. The number of piperidine rings is 1. The van der Waals surface area contributed by atoms with Crippen molar-refractivity contribution in [2.45, 2.75) is 63.3 Å². The Kier molecular flexibility index (Phi) is 2.13. The lowest BCUT2D eigenvalue weighted by molar-refractivity contribution is -0.143. The van der Waals surface area contributed by atoms with Crippen LogP contribution in [0.3, 0.4) is 0 Å². The van der Waals surface area contributed by atoms with Crippen LogP contribution in [-0.2, 0) is 9.59 Å². The maximum atomic E-state index is 11.7. The zero-order valence-electron chi connectivity index (χ0n) is 9.68. The number of hydrogen-bond donors (Lipinski definition) is 1. The fourth-order valence-electron chi connectivity index (χ4n) is 4.25. The maximum Gasteiger partial charge on any atom is 0.220 e. The number of amides is 1. The Morgan fingerprint density at radius 1 is 0.938 bits per heavy atom. The fourth-order valence-corrected chi connectivity index (χ4v) is 4.25. The topological polar surface area (TPSA) is 46.2 Å². The van der Waals surface area contributed by atoms with Gasteiger partial charge in [-0.15, -0.1) is 0 Å². The summed E-state index contributed by atoms with van der Waals surface area (Å²) in [6.07, 6.45) is 8.66. The second kappa shape index (κ2) is 3.31. The minimum atomic E-state index is -0.157. The van der Waals surface area contributed by atoms with E-state index in [9.17, 15) is 9.59 Å². The molecule has 16 heavy (non-hydrogen) atoms. The van der Waals surface area contributed by atoms with Gasteiger partial charge in [-0.1, -0.05) is 12.8 Å². The number of Topliss-reactive ketones (excluding diaryl/α,β-unsaturated/α-hetero) is 1. The number of nitrogens with one attached hydrogen (secondary N) is 1. The molecule has 3 aliphatic rings. The van der Waals surface area contributed by atoms with Gasteiger partial charge in [-0.2, -0.15) is 0 Å². The Morgan fingerprint density at radius 3 is 2.56 bits per heavy atom. The van der Waals surface area contributed by atoms with E-state index in [4.69, 9.17) is 0 Å². The van der Waals surface area contributed by atoms with Gasteiger partial charge in [0.2, 0.25) is 5.91 Å². The second-order valence-corrected chi connectivity index (χ2v) is 5.83. The van der Waals surface area contributed by atoms with Crippen LogP contribution in [0, 0.1) is 5.41 Å². The fraction of sp³-hybridized carbons (Fsp3) is 0.846. The van der Waals surface area contributed by atoms with Crippen molar-refractivity contribution >= 4 is 11.7 Å². The van der Waals surface area contributed by atoms with E-state index in [0.717, 1.165) is 32.1 Å². The predicted octanol–water partition coefficient (Wildman–Crippen LogP) is 1.95. The van der Waals surface area contributed by atoms with Crippen LogP contribution in [0.2, 0.25) is 0 Å². The van der Waals surface area contributed by atoms with Crippen molar-refractivity contribution in [3.63, 3.8) is 0 Å². The third-order valence-electron chi connectivity index (χ3n) is 5.11. The SMILES string of the molecule is O=C1CC[C@@]23CCCC[C@@]2(C1)NC(=O)CC3. The lowest BCUT2D eigenvalue weighted by atomic mass is 9.51. The summed E-state index contributed by atoms with van der Waals surface area (Å²) < 4.78 is 0. The molecule has 0 radical (unpaired) electrons. The van der Waals surface area contributed by atoms with Gasteiger partial charge in [-0.05, 0) is 31.1 Å². The van der Waals surface area contributed by atoms with Crippen LogP contribution >= 0.6 is 0 Å². The Labute approximate surface area is 96.0 Å². The molecule has 1 N–H and O–H groups in total. The third-order valence-corrected chi connectivity index (χ3v) is 5.11. The Balaban J connectivity index is 2.00. The van der Waals surface area contributed by atoms with Gasteiger partial charge in [0.1, 0.15) is 5.78 Å². The average Bonchev–Trinajstić information content (AvgIpc) is 2.27. The number of carbonyl (C=O) groups is 2. The largest absolute Gasteiger partial charge is 0.350 e. The molecule has 0 spiro atoms. The van der Waals surface area contributed by atoms with E-state index < -0.39 is 0 Å². The highest BCUT2D eigenvalue weighted by Gasteiger charge is 2.57. The van der Waals surface area contributed by atoms with Crippen molar-refractivity contribution in [2.75, 3.05) is 0 Å². The van der Waals surface area contributed by atoms with E-state index >= 15 is 0 Å². The van der Waals surface area contributed by atoms with Gasteiger partial charge >= 0.3 is 0 Å². The summed E-state index contributed by atoms with van der Waals surface area (Å²) in [7, 11) is 0. The van der Waals surface area contributed by atoms with Crippen LogP contribution < -0.4 is 5.32 Å². The highest BCUT2D eigenvalue weighted by Crippen LogP contribution is 2.56. The molecule has 2 saturated carbocycles. The molecule has 88 valence electrons. The molecular weight excluding hydrogens is 202 g/mol. The number of carbonyl (C=O) groups excluding carboxylic acids is 2. The zero-order valence-corrected chi connectivity index (χ0v) is 9.68. The molecule has 1 amide bonds. The summed E-state index contributed by atoms with van der Waals surface area (Å²) >= 11 is 0. The van der Waals surface area contributed by atoms with Crippen molar-refractivity contribution in [1.29, 1.82) is 0 Å². The van der Waals surface area contributed by atoms with Crippen LogP contribution in [0.25, 0.3) is 0 Å². The van der Waals surface area contributed by atoms with Gasteiger partial charge in [0.05, 0.1) is 5.54 Å². The normalized spacial score (nSPS) is 43.2. The molecule has 0 aromatic heterocycles. The van der Waals surface area contributed by atoms with E-state index in [-0.39, 0.29) is 16.9 Å². The first kappa shape index (κ1) is 10.3. The highest BCUT2D eigenvalue weighted by atomic mass is 16.2. The van der Waals surface area contributed by atoms with Crippen molar-refractivity contribution in [3.05, 3.63) is 0 Å². The van der Waals surface area contributed by atoms with Crippen molar-refractivity contribution < 1.29 is 9.59 Å². The highest BCUT2D eigenvalue weighted by molar-refractivity contribution is 5.85. The van der Waals surface area contributed by atoms with Crippen LogP contribution in [0.5, 0.6) is 0 Å².